The summed E-state index contributed by atoms with van der Waals surface area (Å²) in [6, 6.07) is 3.19. The monoisotopic (exact) mass is 339 g/mol. The van der Waals surface area contributed by atoms with Crippen LogP contribution in [0.1, 0.15) is 44.4 Å². The molecule has 1 aliphatic carbocycles. The molecule has 1 N–H and O–H groups in total. The Balaban J connectivity index is 1.81. The molecule has 0 bridgehead atoms. The molecule has 1 aliphatic rings. The van der Waals surface area contributed by atoms with E-state index >= 15 is 0 Å². The molecule has 0 amide bonds. The Bertz CT molecular complexity index is 728. The van der Waals surface area contributed by atoms with Crippen LogP contribution in [-0.4, -0.2) is 39.4 Å². The van der Waals surface area contributed by atoms with Gasteiger partial charge in [0.25, 0.3) is 6.43 Å². The maximum absolute atomic E-state index is 12.9. The second kappa shape index (κ2) is 6.66. The van der Waals surface area contributed by atoms with Gasteiger partial charge in [0.1, 0.15) is 5.82 Å². The lowest BCUT2D eigenvalue weighted by Crippen LogP contribution is -2.40. The first-order chi connectivity index (χ1) is 11.6. The third-order valence-corrected chi connectivity index (χ3v) is 4.52. The molecule has 0 saturated heterocycles. The summed E-state index contributed by atoms with van der Waals surface area (Å²) in [5.41, 5.74) is -0.348. The highest BCUT2D eigenvalue weighted by Gasteiger charge is 2.40. The SMILES string of the molecule is COC(=O)C1(CNc2ccc3nnc(C(F)F)n3n2)CCCCC1. The third-order valence-electron chi connectivity index (χ3n) is 4.52. The maximum Gasteiger partial charge on any atom is 0.313 e. The normalized spacial score (nSPS) is 17.2. The number of carbonyl (C=O) groups excluding carboxylic acids is 1. The summed E-state index contributed by atoms with van der Waals surface area (Å²) in [5, 5.41) is 14.3. The van der Waals surface area contributed by atoms with Crippen LogP contribution in [0.5, 0.6) is 0 Å². The van der Waals surface area contributed by atoms with E-state index in [-0.39, 0.29) is 11.6 Å². The average molecular weight is 339 g/mol. The molecule has 0 aliphatic heterocycles. The van der Waals surface area contributed by atoms with E-state index in [0.717, 1.165) is 36.6 Å². The number of nitrogens with zero attached hydrogens (tertiary/aromatic N) is 4. The number of nitrogens with one attached hydrogen (secondary N) is 1. The Morgan fingerprint density at radius 2 is 2.08 bits per heavy atom. The van der Waals surface area contributed by atoms with Crippen LogP contribution in [0.25, 0.3) is 5.65 Å². The van der Waals surface area contributed by atoms with E-state index in [1.165, 1.54) is 7.11 Å². The molecule has 0 unspecified atom stereocenters. The van der Waals surface area contributed by atoms with Crippen LogP contribution in [0, 0.1) is 5.41 Å². The number of halogens is 2. The van der Waals surface area contributed by atoms with Crippen molar-refractivity contribution in [2.75, 3.05) is 19.0 Å². The molecular weight excluding hydrogens is 320 g/mol. The largest absolute Gasteiger partial charge is 0.469 e. The summed E-state index contributed by atoms with van der Waals surface area (Å²) in [5.74, 6) is -0.361. The molecule has 0 radical (unpaired) electrons. The summed E-state index contributed by atoms with van der Waals surface area (Å²) in [4.78, 5) is 12.2. The minimum Gasteiger partial charge on any atom is -0.469 e. The second-order valence-corrected chi connectivity index (χ2v) is 6.03. The zero-order chi connectivity index (χ0) is 17.2. The van der Waals surface area contributed by atoms with E-state index in [1.54, 1.807) is 12.1 Å². The van der Waals surface area contributed by atoms with E-state index in [2.05, 4.69) is 20.6 Å². The number of carbonyl (C=O) groups is 1. The number of esters is 1. The highest BCUT2D eigenvalue weighted by atomic mass is 19.3. The highest BCUT2D eigenvalue weighted by Crippen LogP contribution is 2.37. The molecular formula is C15H19F2N5O2. The first kappa shape index (κ1) is 16.5. The fourth-order valence-electron chi connectivity index (χ4n) is 3.19. The fourth-order valence-corrected chi connectivity index (χ4v) is 3.19. The molecule has 1 fully saturated rings. The van der Waals surface area contributed by atoms with E-state index in [0.29, 0.717) is 12.4 Å². The van der Waals surface area contributed by atoms with Crippen molar-refractivity contribution >= 4 is 17.4 Å². The van der Waals surface area contributed by atoms with Gasteiger partial charge in [-0.15, -0.1) is 15.3 Å². The molecule has 2 aromatic heterocycles. The van der Waals surface area contributed by atoms with E-state index < -0.39 is 17.7 Å². The molecule has 24 heavy (non-hydrogen) atoms. The smallest absolute Gasteiger partial charge is 0.313 e. The van der Waals surface area contributed by atoms with Gasteiger partial charge in [0.2, 0.25) is 5.82 Å². The van der Waals surface area contributed by atoms with Crippen molar-refractivity contribution in [1.82, 2.24) is 19.8 Å². The second-order valence-electron chi connectivity index (χ2n) is 6.03. The Kier molecular flexibility index (Phi) is 4.59. The molecule has 3 rings (SSSR count). The molecule has 7 nitrogen and oxygen atoms in total. The number of ether oxygens (including phenoxy) is 1. The zero-order valence-electron chi connectivity index (χ0n) is 13.3. The van der Waals surface area contributed by atoms with E-state index in [9.17, 15) is 13.6 Å². The Hall–Kier alpha value is -2.32. The molecule has 0 spiro atoms. The van der Waals surface area contributed by atoms with Crippen LogP contribution in [-0.2, 0) is 9.53 Å². The van der Waals surface area contributed by atoms with E-state index in [4.69, 9.17) is 4.74 Å². The van der Waals surface area contributed by atoms with Crippen molar-refractivity contribution in [2.24, 2.45) is 5.41 Å². The van der Waals surface area contributed by atoms with Gasteiger partial charge >= 0.3 is 5.97 Å². The number of hydrogen-bond donors (Lipinski definition) is 1. The minimum atomic E-state index is -2.76. The van der Waals surface area contributed by atoms with Gasteiger partial charge in [-0.05, 0) is 25.0 Å². The molecule has 9 heteroatoms. The zero-order valence-corrected chi connectivity index (χ0v) is 13.3. The number of methoxy groups -OCH3 is 1. The number of hydrogen-bond acceptors (Lipinski definition) is 6. The van der Waals surface area contributed by atoms with Crippen molar-refractivity contribution in [3.63, 3.8) is 0 Å². The fraction of sp³-hybridized carbons (Fsp3) is 0.600. The minimum absolute atomic E-state index is 0.242. The van der Waals surface area contributed by atoms with Gasteiger partial charge in [0.05, 0.1) is 12.5 Å². The maximum atomic E-state index is 12.9. The quantitative estimate of drug-likeness (QED) is 0.843. The first-order valence-electron chi connectivity index (χ1n) is 7.88. The van der Waals surface area contributed by atoms with Crippen LogP contribution in [0.2, 0.25) is 0 Å². The number of fused-ring (bicyclic) bond motifs is 1. The lowest BCUT2D eigenvalue weighted by Gasteiger charge is -2.34. The summed E-state index contributed by atoms with van der Waals surface area (Å²) in [6.45, 7) is 0.352. The predicted octanol–water partition coefficient (Wildman–Crippen LogP) is 2.60. The van der Waals surface area contributed by atoms with Crippen LogP contribution in [0.4, 0.5) is 14.6 Å². The van der Waals surface area contributed by atoms with E-state index in [1.807, 2.05) is 0 Å². The van der Waals surface area contributed by atoms with Crippen molar-refractivity contribution in [3.8, 4) is 0 Å². The van der Waals surface area contributed by atoms with Crippen LogP contribution in [0.3, 0.4) is 0 Å². The highest BCUT2D eigenvalue weighted by molar-refractivity contribution is 5.77. The Labute approximate surface area is 137 Å². The van der Waals surface area contributed by atoms with Gasteiger partial charge in [-0.2, -0.15) is 4.52 Å². The molecule has 0 aromatic carbocycles. The summed E-state index contributed by atoms with van der Waals surface area (Å²) >= 11 is 0. The van der Waals surface area contributed by atoms with Crippen molar-refractivity contribution < 1.29 is 18.3 Å². The Morgan fingerprint density at radius 3 is 2.75 bits per heavy atom. The molecule has 2 heterocycles. The summed E-state index contributed by atoms with van der Waals surface area (Å²) < 4.78 is 31.8. The van der Waals surface area contributed by atoms with Crippen molar-refractivity contribution in [3.05, 3.63) is 18.0 Å². The van der Waals surface area contributed by atoms with Crippen LogP contribution in [0.15, 0.2) is 12.1 Å². The van der Waals surface area contributed by atoms with Gasteiger partial charge < -0.3 is 10.1 Å². The summed E-state index contributed by atoms with van der Waals surface area (Å²) in [6.07, 6.45) is 1.74. The molecule has 0 atom stereocenters. The summed E-state index contributed by atoms with van der Waals surface area (Å²) in [7, 11) is 1.38. The lowest BCUT2D eigenvalue weighted by atomic mass is 9.74. The number of rotatable bonds is 5. The van der Waals surface area contributed by atoms with Crippen molar-refractivity contribution in [2.45, 2.75) is 38.5 Å². The average Bonchev–Trinajstić information content (AvgIpc) is 3.03. The van der Waals surface area contributed by atoms with Gasteiger partial charge in [0, 0.05) is 6.54 Å². The van der Waals surface area contributed by atoms with Gasteiger partial charge in [0.15, 0.2) is 5.65 Å². The van der Waals surface area contributed by atoms with Gasteiger partial charge in [-0.3, -0.25) is 4.79 Å². The van der Waals surface area contributed by atoms with Crippen molar-refractivity contribution in [1.29, 1.82) is 0 Å². The number of anilines is 1. The standard InChI is InChI=1S/C15H19F2N5O2/c1-24-14(23)15(7-3-2-4-8-15)9-18-10-5-6-11-19-20-13(12(16)17)22(11)21-10/h5-6,12H,2-4,7-9H2,1H3,(H,18,21). The van der Waals surface area contributed by atoms with Crippen LogP contribution < -0.4 is 5.32 Å². The predicted molar refractivity (Wildman–Crippen MR) is 81.8 cm³/mol. The Morgan fingerprint density at radius 1 is 1.33 bits per heavy atom. The third kappa shape index (κ3) is 3.02. The number of alkyl halides is 2. The van der Waals surface area contributed by atoms with Gasteiger partial charge in [-0.1, -0.05) is 19.3 Å². The number of aromatic nitrogens is 4. The molecule has 2 aromatic rings. The first-order valence-corrected chi connectivity index (χ1v) is 7.88. The molecule has 130 valence electrons. The lowest BCUT2D eigenvalue weighted by molar-refractivity contribution is -0.153. The van der Waals surface area contributed by atoms with Gasteiger partial charge in [-0.25, -0.2) is 8.78 Å². The molecule has 1 saturated carbocycles. The van der Waals surface area contributed by atoms with Crippen LogP contribution >= 0.6 is 0 Å². The topological polar surface area (TPSA) is 81.4 Å².